The summed E-state index contributed by atoms with van der Waals surface area (Å²) in [5, 5.41) is 3.01. The molecule has 0 radical (unpaired) electrons. The molecule has 1 aliphatic rings. The second-order valence-corrected chi connectivity index (χ2v) is 7.81. The van der Waals surface area contributed by atoms with Gasteiger partial charge in [-0.05, 0) is 24.8 Å². The van der Waals surface area contributed by atoms with Crippen molar-refractivity contribution in [2.45, 2.75) is 38.6 Å². The largest absolute Gasteiger partial charge is 0.353 e. The molecular weight excluding hydrogens is 300 g/mol. The first-order valence-corrected chi connectivity index (χ1v) is 9.43. The van der Waals surface area contributed by atoms with Gasteiger partial charge in [-0.1, -0.05) is 37.3 Å². The average Bonchev–Trinajstić information content (AvgIpc) is 2.48. The van der Waals surface area contributed by atoms with E-state index in [0.29, 0.717) is 38.8 Å². The molecule has 1 heterocycles. The molecule has 0 atom stereocenters. The van der Waals surface area contributed by atoms with E-state index in [2.05, 4.69) is 5.32 Å². The number of carbonyl (C=O) groups excluding carboxylic acids is 1. The van der Waals surface area contributed by atoms with E-state index < -0.39 is 10.0 Å². The van der Waals surface area contributed by atoms with Crippen LogP contribution in [-0.4, -0.2) is 43.5 Å². The Hall–Kier alpha value is -1.40. The highest BCUT2D eigenvalue weighted by molar-refractivity contribution is 7.89. The molecule has 6 heteroatoms. The number of rotatable bonds is 6. The Balaban J connectivity index is 1.79. The molecule has 22 heavy (non-hydrogen) atoms. The lowest BCUT2D eigenvalue weighted by molar-refractivity contribution is -0.121. The van der Waals surface area contributed by atoms with Crippen molar-refractivity contribution < 1.29 is 13.2 Å². The molecule has 1 N–H and O–H groups in total. The van der Waals surface area contributed by atoms with Crippen LogP contribution in [0.5, 0.6) is 0 Å². The average molecular weight is 324 g/mol. The fraction of sp³-hybridized carbons (Fsp3) is 0.562. The van der Waals surface area contributed by atoms with Gasteiger partial charge >= 0.3 is 0 Å². The summed E-state index contributed by atoms with van der Waals surface area (Å²) < 4.78 is 25.5. The van der Waals surface area contributed by atoms with Crippen molar-refractivity contribution >= 4 is 15.9 Å². The number of carbonyl (C=O) groups is 1. The van der Waals surface area contributed by atoms with Crippen LogP contribution in [0.15, 0.2) is 30.3 Å². The molecule has 0 aliphatic carbocycles. The zero-order valence-corrected chi connectivity index (χ0v) is 13.8. The van der Waals surface area contributed by atoms with Crippen molar-refractivity contribution in [3.63, 3.8) is 0 Å². The molecule has 0 bridgehead atoms. The number of piperidine rings is 1. The molecule has 0 spiro atoms. The van der Waals surface area contributed by atoms with Crippen molar-refractivity contribution in [1.29, 1.82) is 0 Å². The van der Waals surface area contributed by atoms with Crippen molar-refractivity contribution in [1.82, 2.24) is 9.62 Å². The van der Waals surface area contributed by atoms with Gasteiger partial charge in [-0.15, -0.1) is 0 Å². The Morgan fingerprint density at radius 2 is 1.86 bits per heavy atom. The van der Waals surface area contributed by atoms with Crippen LogP contribution >= 0.6 is 0 Å². The SMILES string of the molecule is CCCS(=O)(=O)N1CCC(NC(=O)Cc2ccccc2)CC1. The summed E-state index contributed by atoms with van der Waals surface area (Å²) in [6.45, 7) is 2.87. The molecule has 1 aromatic carbocycles. The topological polar surface area (TPSA) is 66.5 Å². The van der Waals surface area contributed by atoms with Gasteiger partial charge in [0.15, 0.2) is 0 Å². The third kappa shape index (κ3) is 4.81. The minimum atomic E-state index is -3.11. The number of nitrogens with zero attached hydrogens (tertiary/aromatic N) is 1. The van der Waals surface area contributed by atoms with Gasteiger partial charge in [-0.2, -0.15) is 0 Å². The molecule has 1 saturated heterocycles. The summed E-state index contributed by atoms with van der Waals surface area (Å²) in [6.07, 6.45) is 2.37. The summed E-state index contributed by atoms with van der Waals surface area (Å²) in [4.78, 5) is 12.0. The smallest absolute Gasteiger partial charge is 0.224 e. The maximum Gasteiger partial charge on any atom is 0.224 e. The first-order chi connectivity index (χ1) is 10.5. The Morgan fingerprint density at radius 3 is 2.45 bits per heavy atom. The van der Waals surface area contributed by atoms with Gasteiger partial charge in [-0.25, -0.2) is 12.7 Å². The van der Waals surface area contributed by atoms with Crippen molar-refractivity contribution in [2.75, 3.05) is 18.8 Å². The highest BCUT2D eigenvalue weighted by Crippen LogP contribution is 2.15. The van der Waals surface area contributed by atoms with Gasteiger partial charge in [-0.3, -0.25) is 4.79 Å². The molecular formula is C16H24N2O3S. The lowest BCUT2D eigenvalue weighted by Crippen LogP contribution is -2.47. The molecule has 1 aromatic rings. The van der Waals surface area contributed by atoms with Gasteiger partial charge in [0.1, 0.15) is 0 Å². The second-order valence-electron chi connectivity index (χ2n) is 5.72. The standard InChI is InChI=1S/C16H24N2O3S/c1-2-12-22(20,21)18-10-8-15(9-11-18)17-16(19)13-14-6-4-3-5-7-14/h3-7,15H,2,8-13H2,1H3,(H,17,19). The summed E-state index contributed by atoms with van der Waals surface area (Å²) >= 11 is 0. The van der Waals surface area contributed by atoms with Gasteiger partial charge in [0.05, 0.1) is 12.2 Å². The Bertz CT molecular complexity index is 579. The zero-order chi connectivity index (χ0) is 16.0. The Morgan fingerprint density at radius 1 is 1.23 bits per heavy atom. The van der Waals surface area contributed by atoms with Crippen LogP contribution < -0.4 is 5.32 Å². The number of amides is 1. The Labute approximate surface area is 132 Å². The number of sulfonamides is 1. The normalized spacial score (nSPS) is 17.3. The molecule has 1 fully saturated rings. The van der Waals surface area contributed by atoms with Crippen LogP contribution in [0.2, 0.25) is 0 Å². The summed E-state index contributed by atoms with van der Waals surface area (Å²) in [5.41, 5.74) is 0.989. The van der Waals surface area contributed by atoms with E-state index in [0.717, 1.165) is 5.56 Å². The fourth-order valence-electron chi connectivity index (χ4n) is 2.73. The molecule has 122 valence electrons. The van der Waals surface area contributed by atoms with Crippen LogP contribution in [-0.2, 0) is 21.2 Å². The molecule has 0 saturated carbocycles. The number of hydrogen-bond acceptors (Lipinski definition) is 3. The highest BCUT2D eigenvalue weighted by atomic mass is 32.2. The molecule has 2 rings (SSSR count). The summed E-state index contributed by atoms with van der Waals surface area (Å²) in [5.74, 6) is 0.207. The summed E-state index contributed by atoms with van der Waals surface area (Å²) in [6, 6.07) is 9.69. The van der Waals surface area contributed by atoms with Crippen LogP contribution in [0.1, 0.15) is 31.7 Å². The predicted molar refractivity (Wildman–Crippen MR) is 87.0 cm³/mol. The third-order valence-corrected chi connectivity index (χ3v) is 5.96. The highest BCUT2D eigenvalue weighted by Gasteiger charge is 2.27. The maximum atomic E-state index is 12.0. The van der Waals surface area contributed by atoms with Crippen molar-refractivity contribution in [3.8, 4) is 0 Å². The second kappa shape index (κ2) is 7.74. The minimum absolute atomic E-state index is 0.000986. The lowest BCUT2D eigenvalue weighted by Gasteiger charge is -2.31. The minimum Gasteiger partial charge on any atom is -0.353 e. The van der Waals surface area contributed by atoms with Crippen molar-refractivity contribution in [3.05, 3.63) is 35.9 Å². The quantitative estimate of drug-likeness (QED) is 0.863. The monoisotopic (exact) mass is 324 g/mol. The predicted octanol–water partition coefficient (Wildman–Crippen LogP) is 1.55. The van der Waals surface area contributed by atoms with Crippen LogP contribution in [0.25, 0.3) is 0 Å². The van der Waals surface area contributed by atoms with Gasteiger partial charge in [0.25, 0.3) is 0 Å². The Kier molecular flexibility index (Phi) is 5.97. The third-order valence-electron chi connectivity index (χ3n) is 3.88. The molecule has 1 aliphatic heterocycles. The van der Waals surface area contributed by atoms with E-state index in [1.54, 1.807) is 4.31 Å². The van der Waals surface area contributed by atoms with E-state index in [1.807, 2.05) is 37.3 Å². The first kappa shape index (κ1) is 17.0. The summed E-state index contributed by atoms with van der Waals surface area (Å²) in [7, 11) is -3.11. The molecule has 0 aromatic heterocycles. The fourth-order valence-corrected chi connectivity index (χ4v) is 4.27. The van der Waals surface area contributed by atoms with E-state index in [1.165, 1.54) is 0 Å². The van der Waals surface area contributed by atoms with Gasteiger partial charge < -0.3 is 5.32 Å². The van der Waals surface area contributed by atoms with Crippen LogP contribution in [0.3, 0.4) is 0 Å². The van der Waals surface area contributed by atoms with E-state index in [4.69, 9.17) is 0 Å². The van der Waals surface area contributed by atoms with Gasteiger partial charge in [0.2, 0.25) is 15.9 Å². The maximum absolute atomic E-state index is 12.0. The van der Waals surface area contributed by atoms with Crippen LogP contribution in [0.4, 0.5) is 0 Å². The zero-order valence-electron chi connectivity index (χ0n) is 13.0. The molecule has 0 unspecified atom stereocenters. The first-order valence-electron chi connectivity index (χ1n) is 7.82. The van der Waals surface area contributed by atoms with Crippen LogP contribution in [0, 0.1) is 0 Å². The van der Waals surface area contributed by atoms with Crippen molar-refractivity contribution in [2.24, 2.45) is 0 Å². The lowest BCUT2D eigenvalue weighted by atomic mass is 10.1. The van der Waals surface area contributed by atoms with E-state index in [-0.39, 0.29) is 17.7 Å². The number of benzene rings is 1. The van der Waals surface area contributed by atoms with E-state index in [9.17, 15) is 13.2 Å². The number of nitrogens with one attached hydrogen (secondary N) is 1. The molecule has 1 amide bonds. The molecule has 5 nitrogen and oxygen atoms in total. The van der Waals surface area contributed by atoms with Gasteiger partial charge in [0, 0.05) is 19.1 Å². The number of hydrogen-bond donors (Lipinski definition) is 1. The van der Waals surface area contributed by atoms with E-state index >= 15 is 0 Å².